The minimum absolute atomic E-state index is 0. The van der Waals surface area contributed by atoms with Crippen LogP contribution in [0.25, 0.3) is 44.4 Å². The van der Waals surface area contributed by atoms with Gasteiger partial charge in [0.15, 0.2) is 0 Å². The number of aromatic nitrogens is 4. The third-order valence-corrected chi connectivity index (χ3v) is 8.08. The standard InChI is InChI=1S/C38H32N4O.Pt/c1-5-9-28-15-14-26(3)38(27(28)4)29-23-40-41(24-29)30-10-8-11-31(21-30)43-32-16-17-34-33-12-6-7-13-35(33)42(36(34)22-32)37-20-25(2)18-19-39-37;/h6-8,10-20,23-24H,5,9H2,1-4H3;/q-2;+2. The Hall–Kier alpha value is -4.47. The molecule has 0 N–H and O–H groups in total. The van der Waals surface area contributed by atoms with Gasteiger partial charge in [-0.3, -0.25) is 4.68 Å². The number of ether oxygens (including phenoxy) is 1. The molecule has 44 heavy (non-hydrogen) atoms. The largest absolute Gasteiger partial charge is 2.00 e. The van der Waals surface area contributed by atoms with Crippen LogP contribution in [-0.4, -0.2) is 19.3 Å². The van der Waals surface area contributed by atoms with Gasteiger partial charge in [-0.1, -0.05) is 49.2 Å². The molecular weight excluding hydrogens is 724 g/mol. The fraction of sp³-hybridized carbons (Fsp3) is 0.158. The number of nitrogens with zero attached hydrogens (tertiary/aromatic N) is 4. The van der Waals surface area contributed by atoms with Crippen molar-refractivity contribution in [1.29, 1.82) is 0 Å². The molecule has 0 amide bonds. The van der Waals surface area contributed by atoms with Crippen LogP contribution in [-0.2, 0) is 27.5 Å². The Bertz CT molecular complexity index is 2120. The number of aryl methyl sites for hydroxylation is 3. The SMILES string of the molecule is CCCc1ccc(C)c(-c2cnn(-c3[c-]c(Oc4[c-]c5c(cc4)c4ccccc4n5-c4cc(C)ccn4)ccc3)c2)c1C.[Pt+2]. The van der Waals surface area contributed by atoms with E-state index in [1.54, 1.807) is 0 Å². The zero-order chi connectivity index (χ0) is 29.5. The van der Waals surface area contributed by atoms with E-state index in [0.29, 0.717) is 11.5 Å². The third-order valence-electron chi connectivity index (χ3n) is 8.08. The molecule has 220 valence electrons. The summed E-state index contributed by atoms with van der Waals surface area (Å²) in [5, 5.41) is 6.95. The minimum Gasteiger partial charge on any atom is -0.509 e. The van der Waals surface area contributed by atoms with Crippen molar-refractivity contribution in [3.8, 4) is 34.1 Å². The summed E-state index contributed by atoms with van der Waals surface area (Å²) in [5.41, 5.74) is 10.3. The Balaban J connectivity index is 0.00000343. The monoisotopic (exact) mass is 755 g/mol. The van der Waals surface area contributed by atoms with E-state index < -0.39 is 0 Å². The van der Waals surface area contributed by atoms with Crippen LogP contribution in [0.5, 0.6) is 11.5 Å². The minimum atomic E-state index is 0. The van der Waals surface area contributed by atoms with Gasteiger partial charge in [-0.05, 0) is 84.3 Å². The summed E-state index contributed by atoms with van der Waals surface area (Å²) in [7, 11) is 0. The molecule has 0 aliphatic rings. The zero-order valence-corrected chi connectivity index (χ0v) is 27.4. The summed E-state index contributed by atoms with van der Waals surface area (Å²) in [4.78, 5) is 4.68. The van der Waals surface area contributed by atoms with Crippen molar-refractivity contribution in [2.24, 2.45) is 0 Å². The van der Waals surface area contributed by atoms with Gasteiger partial charge in [-0.2, -0.15) is 17.2 Å². The summed E-state index contributed by atoms with van der Waals surface area (Å²) in [6.07, 6.45) is 8.06. The summed E-state index contributed by atoms with van der Waals surface area (Å²) in [6, 6.07) is 33.8. The Kier molecular flexibility index (Phi) is 8.25. The fourth-order valence-electron chi connectivity index (χ4n) is 6.02. The van der Waals surface area contributed by atoms with Crippen LogP contribution < -0.4 is 4.74 Å². The molecule has 0 aliphatic heterocycles. The molecule has 7 rings (SSSR count). The average Bonchev–Trinajstić information content (AvgIpc) is 3.62. The molecule has 3 aromatic heterocycles. The quantitative estimate of drug-likeness (QED) is 0.153. The van der Waals surface area contributed by atoms with Crippen molar-refractivity contribution >= 4 is 21.8 Å². The van der Waals surface area contributed by atoms with Crippen LogP contribution >= 0.6 is 0 Å². The molecule has 0 unspecified atom stereocenters. The Morgan fingerprint density at radius 2 is 1.68 bits per heavy atom. The molecular formula is C38H32N4OPt. The molecule has 0 radical (unpaired) electrons. The zero-order valence-electron chi connectivity index (χ0n) is 25.2. The van der Waals surface area contributed by atoms with Crippen LogP contribution in [0, 0.1) is 32.9 Å². The normalized spacial score (nSPS) is 11.2. The molecule has 3 heterocycles. The van der Waals surface area contributed by atoms with Crippen molar-refractivity contribution in [3.63, 3.8) is 0 Å². The van der Waals surface area contributed by atoms with Crippen molar-refractivity contribution < 1.29 is 25.8 Å². The van der Waals surface area contributed by atoms with E-state index in [1.807, 2.05) is 47.4 Å². The van der Waals surface area contributed by atoms with E-state index in [2.05, 4.69) is 104 Å². The maximum absolute atomic E-state index is 6.35. The molecule has 0 saturated heterocycles. The van der Waals surface area contributed by atoms with Gasteiger partial charge in [-0.25, -0.2) is 4.98 Å². The van der Waals surface area contributed by atoms with E-state index in [4.69, 9.17) is 9.84 Å². The molecule has 6 heteroatoms. The number of pyridine rings is 1. The van der Waals surface area contributed by atoms with Crippen LogP contribution in [0.4, 0.5) is 0 Å². The van der Waals surface area contributed by atoms with Crippen molar-refractivity contribution in [1.82, 2.24) is 19.3 Å². The van der Waals surface area contributed by atoms with Gasteiger partial charge < -0.3 is 9.30 Å². The smallest absolute Gasteiger partial charge is 0.509 e. The maximum Gasteiger partial charge on any atom is 2.00 e. The van der Waals surface area contributed by atoms with Gasteiger partial charge in [0.2, 0.25) is 0 Å². The second-order valence-electron chi connectivity index (χ2n) is 11.1. The number of rotatable bonds is 7. The van der Waals surface area contributed by atoms with Gasteiger partial charge in [-0.15, -0.1) is 35.7 Å². The van der Waals surface area contributed by atoms with Gasteiger partial charge in [0.05, 0.1) is 6.20 Å². The molecule has 0 fully saturated rings. The van der Waals surface area contributed by atoms with Gasteiger partial charge >= 0.3 is 21.1 Å². The van der Waals surface area contributed by atoms with E-state index in [-0.39, 0.29) is 21.1 Å². The number of para-hydroxylation sites is 1. The average molecular weight is 756 g/mol. The van der Waals surface area contributed by atoms with E-state index in [9.17, 15) is 0 Å². The van der Waals surface area contributed by atoms with Crippen molar-refractivity contribution in [2.45, 2.75) is 40.5 Å². The van der Waals surface area contributed by atoms with Gasteiger partial charge in [0.25, 0.3) is 0 Å². The number of fused-ring (bicyclic) bond motifs is 3. The van der Waals surface area contributed by atoms with Crippen LogP contribution in [0.3, 0.4) is 0 Å². The van der Waals surface area contributed by atoms with Crippen LogP contribution in [0.2, 0.25) is 0 Å². The van der Waals surface area contributed by atoms with E-state index in [1.165, 1.54) is 22.3 Å². The summed E-state index contributed by atoms with van der Waals surface area (Å²) in [6.45, 7) is 8.68. The van der Waals surface area contributed by atoms with E-state index in [0.717, 1.165) is 57.3 Å². The molecule has 7 aromatic rings. The Morgan fingerprint density at radius 1 is 0.841 bits per heavy atom. The second kappa shape index (κ2) is 12.3. The van der Waals surface area contributed by atoms with Crippen molar-refractivity contribution in [3.05, 3.63) is 132 Å². The maximum atomic E-state index is 6.35. The molecule has 4 aromatic carbocycles. The first-order chi connectivity index (χ1) is 21.0. The number of hydrogen-bond acceptors (Lipinski definition) is 3. The third kappa shape index (κ3) is 5.37. The molecule has 0 saturated carbocycles. The topological polar surface area (TPSA) is 44.9 Å². The fourth-order valence-corrected chi connectivity index (χ4v) is 6.02. The number of hydrogen-bond donors (Lipinski definition) is 0. The van der Waals surface area contributed by atoms with Gasteiger partial charge in [0, 0.05) is 35.0 Å². The van der Waals surface area contributed by atoms with Crippen LogP contribution in [0.1, 0.15) is 35.6 Å². The Labute approximate surface area is 272 Å². The first kappa shape index (κ1) is 29.6. The molecule has 0 bridgehead atoms. The summed E-state index contributed by atoms with van der Waals surface area (Å²) >= 11 is 0. The summed E-state index contributed by atoms with van der Waals surface area (Å²) < 4.78 is 10.4. The Morgan fingerprint density at radius 3 is 2.52 bits per heavy atom. The predicted molar refractivity (Wildman–Crippen MR) is 174 cm³/mol. The molecule has 0 aliphatic carbocycles. The van der Waals surface area contributed by atoms with Crippen LogP contribution in [0.15, 0.2) is 97.5 Å². The van der Waals surface area contributed by atoms with Gasteiger partial charge in [0.1, 0.15) is 5.82 Å². The van der Waals surface area contributed by atoms with E-state index >= 15 is 0 Å². The molecule has 5 nitrogen and oxygen atoms in total. The first-order valence-electron chi connectivity index (χ1n) is 14.7. The van der Waals surface area contributed by atoms with Crippen molar-refractivity contribution in [2.75, 3.05) is 0 Å². The predicted octanol–water partition coefficient (Wildman–Crippen LogP) is 9.30. The molecule has 0 atom stereocenters. The second-order valence-corrected chi connectivity index (χ2v) is 11.1. The molecule has 0 spiro atoms. The summed E-state index contributed by atoms with van der Waals surface area (Å²) in [5.74, 6) is 2.06. The first-order valence-corrected chi connectivity index (χ1v) is 14.7. The number of benzene rings is 4.